The van der Waals surface area contributed by atoms with Crippen LogP contribution in [0.5, 0.6) is 5.75 Å². The molecule has 0 saturated heterocycles. The first kappa shape index (κ1) is 16.6. The number of nitrogens with one attached hydrogen (secondary N) is 1. The Morgan fingerprint density at radius 2 is 2.10 bits per heavy atom. The van der Waals surface area contributed by atoms with Crippen LogP contribution in [0.1, 0.15) is 43.9 Å². The molecule has 0 spiro atoms. The van der Waals surface area contributed by atoms with Crippen LogP contribution in [0.25, 0.3) is 0 Å². The lowest BCUT2D eigenvalue weighted by Gasteiger charge is -2.20. The van der Waals surface area contributed by atoms with E-state index in [4.69, 9.17) is 15.9 Å². The predicted molar refractivity (Wildman–Crippen MR) is 82.8 cm³/mol. The molecule has 1 rings (SSSR count). The van der Waals surface area contributed by atoms with Crippen molar-refractivity contribution in [1.29, 1.82) is 0 Å². The van der Waals surface area contributed by atoms with Crippen LogP contribution < -0.4 is 10.1 Å². The molecule has 0 heterocycles. The van der Waals surface area contributed by atoms with Gasteiger partial charge in [-0.2, -0.15) is 0 Å². The summed E-state index contributed by atoms with van der Waals surface area (Å²) in [6.45, 7) is 4.80. The van der Waals surface area contributed by atoms with Crippen molar-refractivity contribution in [3.05, 3.63) is 29.3 Å². The zero-order valence-corrected chi connectivity index (χ0v) is 12.9. The van der Waals surface area contributed by atoms with E-state index in [1.165, 1.54) is 5.56 Å². The molecule has 1 aromatic carbocycles. The van der Waals surface area contributed by atoms with Crippen LogP contribution in [0.2, 0.25) is 0 Å². The van der Waals surface area contributed by atoms with Crippen molar-refractivity contribution in [1.82, 2.24) is 5.32 Å². The van der Waals surface area contributed by atoms with Crippen LogP contribution in [-0.4, -0.2) is 20.3 Å². The number of benzene rings is 1. The third kappa shape index (κ3) is 4.56. The highest BCUT2D eigenvalue weighted by Gasteiger charge is 2.13. The molecule has 0 amide bonds. The zero-order chi connectivity index (χ0) is 15.0. The fraction of sp³-hybridized carbons (Fsp3) is 0.529. The molecule has 1 aromatic rings. The summed E-state index contributed by atoms with van der Waals surface area (Å²) in [5.41, 5.74) is 2.24. The number of terminal acetylenes is 1. The highest BCUT2D eigenvalue weighted by atomic mass is 16.5. The summed E-state index contributed by atoms with van der Waals surface area (Å²) in [7, 11) is 3.36. The number of ether oxygens (including phenoxy) is 2. The quantitative estimate of drug-likeness (QED) is 0.738. The van der Waals surface area contributed by atoms with Gasteiger partial charge in [0.25, 0.3) is 0 Å². The normalized spacial score (nSPS) is 13.6. The molecule has 0 aliphatic rings. The molecule has 0 bridgehead atoms. The van der Waals surface area contributed by atoms with E-state index in [1.807, 2.05) is 6.07 Å². The van der Waals surface area contributed by atoms with Gasteiger partial charge in [-0.15, -0.1) is 6.42 Å². The van der Waals surface area contributed by atoms with Crippen molar-refractivity contribution in [3.8, 4) is 18.1 Å². The monoisotopic (exact) mass is 275 g/mol. The third-order valence-electron chi connectivity index (χ3n) is 3.33. The van der Waals surface area contributed by atoms with E-state index in [2.05, 4.69) is 37.2 Å². The van der Waals surface area contributed by atoms with Gasteiger partial charge in [0.1, 0.15) is 5.75 Å². The van der Waals surface area contributed by atoms with E-state index >= 15 is 0 Å². The maximum Gasteiger partial charge on any atom is 0.124 e. The molecule has 3 heteroatoms. The van der Waals surface area contributed by atoms with Gasteiger partial charge < -0.3 is 9.47 Å². The van der Waals surface area contributed by atoms with Gasteiger partial charge in [0.2, 0.25) is 0 Å². The molecule has 0 aromatic heterocycles. The summed E-state index contributed by atoms with van der Waals surface area (Å²) >= 11 is 0. The van der Waals surface area contributed by atoms with Gasteiger partial charge in [0.15, 0.2) is 0 Å². The van der Waals surface area contributed by atoms with E-state index in [-0.39, 0.29) is 12.1 Å². The second-order valence-corrected chi connectivity index (χ2v) is 4.90. The van der Waals surface area contributed by atoms with Gasteiger partial charge in [-0.3, -0.25) is 5.32 Å². The maximum absolute atomic E-state index is 5.56. The van der Waals surface area contributed by atoms with Gasteiger partial charge >= 0.3 is 0 Å². The van der Waals surface area contributed by atoms with Crippen molar-refractivity contribution in [2.45, 2.75) is 45.4 Å². The molecule has 20 heavy (non-hydrogen) atoms. The molecular formula is C17H25NO2. The van der Waals surface area contributed by atoms with Gasteiger partial charge in [0.05, 0.1) is 19.8 Å². The molecule has 0 saturated carbocycles. The SMILES string of the molecule is C#CC(CCC)NC(C)c1ccc(OC)c(COC)c1. The summed E-state index contributed by atoms with van der Waals surface area (Å²) in [5, 5.41) is 3.47. The maximum atomic E-state index is 5.56. The molecule has 1 N–H and O–H groups in total. The van der Waals surface area contributed by atoms with Crippen molar-refractivity contribution in [3.63, 3.8) is 0 Å². The van der Waals surface area contributed by atoms with E-state index < -0.39 is 0 Å². The molecule has 0 aliphatic carbocycles. The van der Waals surface area contributed by atoms with Gasteiger partial charge in [-0.05, 0) is 31.0 Å². The Balaban J connectivity index is 2.84. The number of hydrogen-bond donors (Lipinski definition) is 1. The third-order valence-corrected chi connectivity index (χ3v) is 3.33. The Hall–Kier alpha value is -1.50. The Labute approximate surface area is 122 Å². The van der Waals surface area contributed by atoms with Crippen LogP contribution in [0, 0.1) is 12.3 Å². The highest BCUT2D eigenvalue weighted by Crippen LogP contribution is 2.24. The van der Waals surface area contributed by atoms with Crippen LogP contribution in [0.4, 0.5) is 0 Å². The Bertz CT molecular complexity index is 451. The van der Waals surface area contributed by atoms with E-state index in [0.29, 0.717) is 6.61 Å². The van der Waals surface area contributed by atoms with E-state index in [0.717, 1.165) is 24.2 Å². The molecular weight excluding hydrogens is 250 g/mol. The molecule has 3 nitrogen and oxygen atoms in total. The van der Waals surface area contributed by atoms with Crippen LogP contribution in [0.3, 0.4) is 0 Å². The molecule has 110 valence electrons. The fourth-order valence-electron chi connectivity index (χ4n) is 2.24. The lowest BCUT2D eigenvalue weighted by atomic mass is 10.0. The van der Waals surface area contributed by atoms with Gasteiger partial charge in [-0.1, -0.05) is 25.3 Å². The lowest BCUT2D eigenvalue weighted by Crippen LogP contribution is -2.30. The van der Waals surface area contributed by atoms with Crippen LogP contribution in [0.15, 0.2) is 18.2 Å². The lowest BCUT2D eigenvalue weighted by molar-refractivity contribution is 0.181. The minimum atomic E-state index is 0.114. The molecule has 0 aliphatic heterocycles. The van der Waals surface area contributed by atoms with Crippen molar-refractivity contribution in [2.24, 2.45) is 0 Å². The molecule has 0 radical (unpaired) electrons. The predicted octanol–water partition coefficient (Wildman–Crippen LogP) is 3.29. The summed E-state index contributed by atoms with van der Waals surface area (Å²) < 4.78 is 10.6. The first-order chi connectivity index (χ1) is 9.65. The minimum Gasteiger partial charge on any atom is -0.496 e. The topological polar surface area (TPSA) is 30.5 Å². The van der Waals surface area contributed by atoms with Crippen LogP contribution in [-0.2, 0) is 11.3 Å². The van der Waals surface area contributed by atoms with E-state index in [9.17, 15) is 0 Å². The highest BCUT2D eigenvalue weighted by molar-refractivity contribution is 5.38. The summed E-state index contributed by atoms with van der Waals surface area (Å²) in [6.07, 6.45) is 7.62. The largest absolute Gasteiger partial charge is 0.496 e. The van der Waals surface area contributed by atoms with E-state index in [1.54, 1.807) is 14.2 Å². The van der Waals surface area contributed by atoms with Gasteiger partial charge in [-0.25, -0.2) is 0 Å². The summed E-state index contributed by atoms with van der Waals surface area (Å²) in [4.78, 5) is 0. The zero-order valence-electron chi connectivity index (χ0n) is 12.9. The van der Waals surface area contributed by atoms with Crippen molar-refractivity contribution < 1.29 is 9.47 Å². The van der Waals surface area contributed by atoms with Gasteiger partial charge in [0, 0.05) is 18.7 Å². The van der Waals surface area contributed by atoms with Crippen molar-refractivity contribution >= 4 is 0 Å². The van der Waals surface area contributed by atoms with Crippen LogP contribution >= 0.6 is 0 Å². The Kier molecular flexibility index (Phi) is 7.14. The number of hydrogen-bond acceptors (Lipinski definition) is 3. The molecule has 2 atom stereocenters. The average Bonchev–Trinajstić information content (AvgIpc) is 2.46. The summed E-state index contributed by atoms with van der Waals surface area (Å²) in [5.74, 6) is 3.66. The first-order valence-electron chi connectivity index (χ1n) is 7.04. The standard InChI is InChI=1S/C17H25NO2/c1-6-8-16(7-2)18-13(3)14-9-10-17(20-5)15(11-14)12-19-4/h2,9-11,13,16,18H,6,8,12H2,1,3-5H3. The average molecular weight is 275 g/mol. The minimum absolute atomic E-state index is 0.114. The number of methoxy groups -OCH3 is 2. The summed E-state index contributed by atoms with van der Waals surface area (Å²) in [6, 6.07) is 6.47. The smallest absolute Gasteiger partial charge is 0.124 e. The first-order valence-corrected chi connectivity index (χ1v) is 7.04. The molecule has 2 unspecified atom stereocenters. The Morgan fingerprint density at radius 1 is 1.35 bits per heavy atom. The van der Waals surface area contributed by atoms with Crippen molar-refractivity contribution in [2.75, 3.05) is 14.2 Å². The Morgan fingerprint density at radius 3 is 2.65 bits per heavy atom. The number of rotatable bonds is 8. The second-order valence-electron chi connectivity index (χ2n) is 4.90. The fourth-order valence-corrected chi connectivity index (χ4v) is 2.24. The second kappa shape index (κ2) is 8.63. The molecule has 0 fully saturated rings.